The first kappa shape index (κ1) is 23.9. The lowest BCUT2D eigenvalue weighted by Gasteiger charge is -2.22. The van der Waals surface area contributed by atoms with Crippen LogP contribution < -0.4 is 15.5 Å². The molecule has 0 unspecified atom stereocenters. The van der Waals surface area contributed by atoms with Crippen molar-refractivity contribution in [2.45, 2.75) is 20.3 Å². The monoisotopic (exact) mass is 475 g/mol. The molecule has 0 saturated carbocycles. The second kappa shape index (κ2) is 9.92. The number of hydrogen-bond donors (Lipinski definition) is 2. The van der Waals surface area contributed by atoms with Crippen LogP contribution in [0.4, 0.5) is 17.1 Å². The summed E-state index contributed by atoms with van der Waals surface area (Å²) in [6.07, 6.45) is 4.45. The summed E-state index contributed by atoms with van der Waals surface area (Å²) < 4.78 is 5.07. The minimum absolute atomic E-state index is 0.00857. The lowest BCUT2D eigenvalue weighted by molar-refractivity contribution is -0.123. The Morgan fingerprint density at radius 3 is 2.17 bits per heavy atom. The molecular formula is C26H25N3O6. The molecular weight excluding hydrogens is 450 g/mol. The van der Waals surface area contributed by atoms with Gasteiger partial charge in [-0.3, -0.25) is 24.1 Å². The number of hydrogen-bond acceptors (Lipinski definition) is 6. The summed E-state index contributed by atoms with van der Waals surface area (Å²) in [4.78, 5) is 62.4. The van der Waals surface area contributed by atoms with Gasteiger partial charge in [-0.2, -0.15) is 0 Å². The van der Waals surface area contributed by atoms with E-state index in [9.17, 15) is 24.0 Å². The molecule has 0 aromatic heterocycles. The van der Waals surface area contributed by atoms with Crippen molar-refractivity contribution in [3.05, 3.63) is 66.2 Å². The van der Waals surface area contributed by atoms with Gasteiger partial charge in [-0.25, -0.2) is 4.79 Å². The third-order valence-electron chi connectivity index (χ3n) is 6.06. The zero-order chi connectivity index (χ0) is 25.1. The molecule has 2 aromatic rings. The fraction of sp³-hybridized carbons (Fsp3) is 0.269. The summed E-state index contributed by atoms with van der Waals surface area (Å²) in [6, 6.07) is 12.5. The number of amides is 4. The molecule has 1 fully saturated rings. The highest BCUT2D eigenvalue weighted by Crippen LogP contribution is 2.40. The number of allylic oxidation sites excluding steroid dienone is 2. The third kappa shape index (κ3) is 5.13. The van der Waals surface area contributed by atoms with Crippen molar-refractivity contribution < 1.29 is 28.7 Å². The van der Waals surface area contributed by atoms with Crippen LogP contribution in [0.5, 0.6) is 0 Å². The molecule has 1 aliphatic carbocycles. The van der Waals surface area contributed by atoms with Crippen molar-refractivity contribution in [3.63, 3.8) is 0 Å². The molecule has 35 heavy (non-hydrogen) atoms. The Morgan fingerprint density at radius 1 is 0.943 bits per heavy atom. The Balaban J connectivity index is 1.32. The number of rotatable bonds is 6. The van der Waals surface area contributed by atoms with Crippen LogP contribution in [-0.4, -0.2) is 36.2 Å². The minimum atomic E-state index is -0.710. The average molecular weight is 476 g/mol. The number of anilines is 3. The SMILES string of the molecule is CC(=O)Nc1ccc(NC(=O)COC(=O)c2ccc(N3C(=O)[C@H]4[C@@H](C)C=CC[C@H]4C3=O)cc2)cc1. The van der Waals surface area contributed by atoms with Gasteiger partial charge >= 0.3 is 5.97 Å². The summed E-state index contributed by atoms with van der Waals surface area (Å²) in [5, 5.41) is 5.22. The van der Waals surface area contributed by atoms with Crippen molar-refractivity contribution in [2.24, 2.45) is 17.8 Å². The number of imide groups is 1. The molecule has 2 N–H and O–H groups in total. The number of fused-ring (bicyclic) bond motifs is 1. The van der Waals surface area contributed by atoms with E-state index in [0.717, 1.165) is 0 Å². The lowest BCUT2D eigenvalue weighted by atomic mass is 9.78. The Labute approximate surface area is 202 Å². The van der Waals surface area contributed by atoms with Gasteiger partial charge in [-0.1, -0.05) is 19.1 Å². The fourth-order valence-corrected chi connectivity index (χ4v) is 4.40. The number of carbonyl (C=O) groups is 5. The first-order chi connectivity index (χ1) is 16.7. The van der Waals surface area contributed by atoms with Gasteiger partial charge in [0.2, 0.25) is 17.7 Å². The van der Waals surface area contributed by atoms with Gasteiger partial charge in [0.1, 0.15) is 0 Å². The third-order valence-corrected chi connectivity index (χ3v) is 6.06. The van der Waals surface area contributed by atoms with Gasteiger partial charge in [-0.05, 0) is 60.9 Å². The van der Waals surface area contributed by atoms with E-state index < -0.39 is 18.5 Å². The maximum Gasteiger partial charge on any atom is 0.338 e. The van der Waals surface area contributed by atoms with Crippen LogP contribution in [0, 0.1) is 17.8 Å². The second-order valence-electron chi connectivity index (χ2n) is 8.60. The summed E-state index contributed by atoms with van der Waals surface area (Å²) in [5.41, 5.74) is 1.66. The predicted molar refractivity (Wildman–Crippen MR) is 128 cm³/mol. The maximum absolute atomic E-state index is 12.9. The molecule has 4 amide bonds. The summed E-state index contributed by atoms with van der Waals surface area (Å²) in [6.45, 7) is 2.83. The Morgan fingerprint density at radius 2 is 1.57 bits per heavy atom. The Bertz CT molecular complexity index is 1200. The van der Waals surface area contributed by atoms with Gasteiger partial charge in [0.05, 0.1) is 23.1 Å². The summed E-state index contributed by atoms with van der Waals surface area (Å²) in [5.74, 6) is -2.62. The van der Waals surface area contributed by atoms with Crippen molar-refractivity contribution in [1.29, 1.82) is 0 Å². The molecule has 9 heteroatoms. The van der Waals surface area contributed by atoms with Crippen LogP contribution in [-0.2, 0) is 23.9 Å². The van der Waals surface area contributed by atoms with Gasteiger partial charge in [0.15, 0.2) is 6.61 Å². The molecule has 0 spiro atoms. The number of carbonyl (C=O) groups excluding carboxylic acids is 5. The number of nitrogens with one attached hydrogen (secondary N) is 2. The molecule has 1 saturated heterocycles. The highest BCUT2D eigenvalue weighted by molar-refractivity contribution is 6.22. The first-order valence-electron chi connectivity index (χ1n) is 11.2. The molecule has 9 nitrogen and oxygen atoms in total. The highest BCUT2D eigenvalue weighted by Gasteiger charge is 2.50. The molecule has 0 bridgehead atoms. The molecule has 1 aliphatic heterocycles. The smallest absolute Gasteiger partial charge is 0.338 e. The zero-order valence-electron chi connectivity index (χ0n) is 19.3. The maximum atomic E-state index is 12.9. The molecule has 2 aromatic carbocycles. The van der Waals surface area contributed by atoms with E-state index in [1.54, 1.807) is 24.3 Å². The largest absolute Gasteiger partial charge is 0.452 e. The summed E-state index contributed by atoms with van der Waals surface area (Å²) >= 11 is 0. The van der Waals surface area contributed by atoms with E-state index in [2.05, 4.69) is 10.6 Å². The van der Waals surface area contributed by atoms with Crippen molar-refractivity contribution >= 4 is 46.7 Å². The van der Waals surface area contributed by atoms with Gasteiger partial charge in [0.25, 0.3) is 5.91 Å². The first-order valence-corrected chi connectivity index (χ1v) is 11.2. The molecule has 1 heterocycles. The molecule has 180 valence electrons. The topological polar surface area (TPSA) is 122 Å². The second-order valence-corrected chi connectivity index (χ2v) is 8.60. The van der Waals surface area contributed by atoms with Crippen LogP contribution in [0.1, 0.15) is 30.6 Å². The van der Waals surface area contributed by atoms with Gasteiger partial charge < -0.3 is 15.4 Å². The normalized spacial score (nSPS) is 20.9. The fourth-order valence-electron chi connectivity index (χ4n) is 4.40. The van der Waals surface area contributed by atoms with E-state index in [1.165, 1.54) is 36.1 Å². The average Bonchev–Trinajstić information content (AvgIpc) is 3.09. The van der Waals surface area contributed by atoms with Gasteiger partial charge in [-0.15, -0.1) is 0 Å². The molecule has 4 rings (SSSR count). The van der Waals surface area contributed by atoms with Crippen molar-refractivity contribution in [3.8, 4) is 0 Å². The molecule has 3 atom stereocenters. The molecule has 0 radical (unpaired) electrons. The molecule has 2 aliphatic rings. The number of esters is 1. The Kier molecular flexibility index (Phi) is 6.77. The number of benzene rings is 2. The van der Waals surface area contributed by atoms with E-state index in [-0.39, 0.29) is 41.0 Å². The van der Waals surface area contributed by atoms with Crippen LogP contribution in [0.25, 0.3) is 0 Å². The highest BCUT2D eigenvalue weighted by atomic mass is 16.5. The zero-order valence-corrected chi connectivity index (χ0v) is 19.3. The standard InChI is InChI=1S/C26H25N3O6/c1-15-4-3-5-21-23(15)25(33)29(24(21)32)20-12-6-17(7-13-20)26(34)35-14-22(31)28-19-10-8-18(9-11-19)27-16(2)30/h3-4,6-13,15,21,23H,5,14H2,1-2H3,(H,27,30)(H,28,31)/t15-,21+,23-/m0/s1. The number of nitrogens with zero attached hydrogens (tertiary/aromatic N) is 1. The quantitative estimate of drug-likeness (QED) is 0.376. The van der Waals surface area contributed by atoms with E-state index in [1.807, 2.05) is 19.1 Å². The van der Waals surface area contributed by atoms with Crippen molar-refractivity contribution in [1.82, 2.24) is 0 Å². The van der Waals surface area contributed by atoms with Gasteiger partial charge in [0, 0.05) is 18.3 Å². The summed E-state index contributed by atoms with van der Waals surface area (Å²) in [7, 11) is 0. The van der Waals surface area contributed by atoms with E-state index >= 15 is 0 Å². The van der Waals surface area contributed by atoms with E-state index in [0.29, 0.717) is 23.5 Å². The van der Waals surface area contributed by atoms with Crippen LogP contribution in [0.2, 0.25) is 0 Å². The Hall–Kier alpha value is -4.27. The van der Waals surface area contributed by atoms with E-state index in [4.69, 9.17) is 4.74 Å². The predicted octanol–water partition coefficient (Wildman–Crippen LogP) is 3.14. The van der Waals surface area contributed by atoms with Crippen LogP contribution in [0.3, 0.4) is 0 Å². The number of ether oxygens (including phenoxy) is 1. The van der Waals surface area contributed by atoms with Crippen LogP contribution in [0.15, 0.2) is 60.7 Å². The van der Waals surface area contributed by atoms with Crippen LogP contribution >= 0.6 is 0 Å². The van der Waals surface area contributed by atoms with Crippen molar-refractivity contribution in [2.75, 3.05) is 22.1 Å². The minimum Gasteiger partial charge on any atom is -0.452 e. The lowest BCUT2D eigenvalue weighted by Crippen LogP contribution is -2.31.